The second-order valence-corrected chi connectivity index (χ2v) is 5.42. The lowest BCUT2D eigenvalue weighted by atomic mass is 10.3. The number of hydrogen-bond donors (Lipinski definition) is 1. The zero-order valence-corrected chi connectivity index (χ0v) is 13.4. The summed E-state index contributed by atoms with van der Waals surface area (Å²) in [5.74, 6) is -0.836. The Labute approximate surface area is 137 Å². The van der Waals surface area contributed by atoms with Crippen molar-refractivity contribution in [2.75, 3.05) is 18.2 Å². The Morgan fingerprint density at radius 3 is 2.78 bits per heavy atom. The van der Waals surface area contributed by atoms with E-state index in [4.69, 9.17) is 4.74 Å². The van der Waals surface area contributed by atoms with Crippen LogP contribution < -0.4 is 10.1 Å². The van der Waals surface area contributed by atoms with E-state index in [-0.39, 0.29) is 12.4 Å². The van der Waals surface area contributed by atoms with E-state index in [9.17, 15) is 14.9 Å². The molecule has 2 aromatic rings. The molecule has 0 unspecified atom stereocenters. The molecule has 0 saturated heterocycles. The first-order valence-electron chi connectivity index (χ1n) is 6.69. The molecule has 0 saturated carbocycles. The van der Waals surface area contributed by atoms with Gasteiger partial charge in [-0.05, 0) is 40.4 Å². The fourth-order valence-corrected chi connectivity index (χ4v) is 2.40. The number of rotatable bonds is 6. The highest BCUT2D eigenvalue weighted by atomic mass is 32.2. The highest BCUT2D eigenvalue weighted by Crippen LogP contribution is 2.26. The van der Waals surface area contributed by atoms with Crippen molar-refractivity contribution < 1.29 is 14.5 Å². The average Bonchev–Trinajstić information content (AvgIpc) is 2.54. The van der Waals surface area contributed by atoms with Crippen LogP contribution in [0.4, 0.5) is 11.5 Å². The van der Waals surface area contributed by atoms with E-state index in [0.29, 0.717) is 11.4 Å². The number of hydrogen-bond acceptors (Lipinski definition) is 6. The molecule has 0 bridgehead atoms. The van der Waals surface area contributed by atoms with Gasteiger partial charge in [0.2, 0.25) is 5.75 Å². The van der Waals surface area contributed by atoms with Crippen molar-refractivity contribution >= 4 is 29.2 Å². The number of nitro groups is 1. The van der Waals surface area contributed by atoms with Gasteiger partial charge < -0.3 is 20.2 Å². The summed E-state index contributed by atoms with van der Waals surface area (Å²) in [6, 6.07) is 10.4. The monoisotopic (exact) mass is 333 g/mol. The van der Waals surface area contributed by atoms with Crippen LogP contribution in [0.15, 0.2) is 41.3 Å². The summed E-state index contributed by atoms with van der Waals surface area (Å²) in [5, 5.41) is 13.7. The van der Waals surface area contributed by atoms with Crippen LogP contribution in [0.2, 0.25) is 0 Å². The van der Waals surface area contributed by atoms with Gasteiger partial charge in [-0.15, -0.1) is 11.8 Å². The molecule has 7 nitrogen and oxygen atoms in total. The molecule has 0 aliphatic carbocycles. The molecule has 1 N–H and O–H groups in total. The van der Waals surface area contributed by atoms with Crippen LogP contribution in [0.1, 0.15) is 5.69 Å². The van der Waals surface area contributed by atoms with E-state index < -0.39 is 16.6 Å². The highest BCUT2D eigenvalue weighted by molar-refractivity contribution is 7.98. The van der Waals surface area contributed by atoms with Crippen molar-refractivity contribution in [3.8, 4) is 5.75 Å². The van der Waals surface area contributed by atoms with Crippen LogP contribution in [-0.4, -0.2) is 28.7 Å². The van der Waals surface area contributed by atoms with Crippen LogP contribution in [0.3, 0.4) is 0 Å². The number of aromatic nitrogens is 1. The van der Waals surface area contributed by atoms with Crippen molar-refractivity contribution in [3.63, 3.8) is 0 Å². The topological polar surface area (TPSA) is 94.4 Å². The van der Waals surface area contributed by atoms with Crippen LogP contribution in [-0.2, 0) is 4.79 Å². The maximum absolute atomic E-state index is 12.0. The van der Waals surface area contributed by atoms with Gasteiger partial charge in [0.25, 0.3) is 5.91 Å². The standard InChI is InChI=1S/C15H15N3O4S/c1-10-7-8-12(15(16-10)18(20)21)22-9-14(19)17-11-5-3-4-6-13(11)23-2/h3-8H,9H2,1-2H3,(H,17,19). The minimum Gasteiger partial charge on any atom is -0.476 e. The van der Waals surface area contributed by atoms with Crippen LogP contribution in [0.5, 0.6) is 5.75 Å². The fourth-order valence-electron chi connectivity index (χ4n) is 1.85. The molecule has 23 heavy (non-hydrogen) atoms. The normalized spacial score (nSPS) is 10.2. The smallest absolute Gasteiger partial charge is 0.406 e. The minimum absolute atomic E-state index is 0.0334. The molecule has 1 heterocycles. The molecule has 1 aromatic carbocycles. The number of amides is 1. The first kappa shape index (κ1) is 16.8. The van der Waals surface area contributed by atoms with Gasteiger partial charge in [-0.1, -0.05) is 12.1 Å². The third-order valence-electron chi connectivity index (χ3n) is 2.89. The third-order valence-corrected chi connectivity index (χ3v) is 3.69. The molecular weight excluding hydrogens is 318 g/mol. The third kappa shape index (κ3) is 4.43. The highest BCUT2D eigenvalue weighted by Gasteiger charge is 2.18. The minimum atomic E-state index is -0.636. The summed E-state index contributed by atoms with van der Waals surface area (Å²) in [4.78, 5) is 27.0. The van der Waals surface area contributed by atoms with Gasteiger partial charge >= 0.3 is 5.82 Å². The van der Waals surface area contributed by atoms with Crippen molar-refractivity contribution in [2.24, 2.45) is 0 Å². The molecule has 0 spiro atoms. The predicted molar refractivity (Wildman–Crippen MR) is 88.0 cm³/mol. The molecular formula is C15H15N3O4S. The number of benzene rings is 1. The molecule has 0 atom stereocenters. The van der Waals surface area contributed by atoms with E-state index in [1.54, 1.807) is 19.1 Å². The lowest BCUT2D eigenvalue weighted by molar-refractivity contribution is -0.390. The van der Waals surface area contributed by atoms with Gasteiger partial charge in [0.1, 0.15) is 5.69 Å². The summed E-state index contributed by atoms with van der Waals surface area (Å²) < 4.78 is 5.24. The average molecular weight is 333 g/mol. The fraction of sp³-hybridized carbons (Fsp3) is 0.200. The van der Waals surface area contributed by atoms with E-state index in [0.717, 1.165) is 4.90 Å². The summed E-state index contributed by atoms with van der Waals surface area (Å²) in [5.41, 5.74) is 1.17. The number of thioether (sulfide) groups is 1. The van der Waals surface area contributed by atoms with Crippen molar-refractivity contribution in [1.29, 1.82) is 0 Å². The van der Waals surface area contributed by atoms with Crippen LogP contribution in [0, 0.1) is 17.0 Å². The van der Waals surface area contributed by atoms with Crippen molar-refractivity contribution in [2.45, 2.75) is 11.8 Å². The number of anilines is 1. The van der Waals surface area contributed by atoms with Crippen LogP contribution >= 0.6 is 11.8 Å². The van der Waals surface area contributed by atoms with E-state index >= 15 is 0 Å². The molecule has 1 aromatic heterocycles. The molecule has 0 aliphatic rings. The summed E-state index contributed by atoms with van der Waals surface area (Å²) in [6.07, 6.45) is 1.91. The Morgan fingerprint density at radius 2 is 2.09 bits per heavy atom. The number of carbonyl (C=O) groups excluding carboxylic acids is 1. The zero-order valence-electron chi connectivity index (χ0n) is 12.6. The molecule has 120 valence electrons. The van der Waals surface area contributed by atoms with Gasteiger partial charge in [-0.3, -0.25) is 4.79 Å². The second kappa shape index (κ2) is 7.59. The number of pyridine rings is 1. The molecule has 0 fully saturated rings. The first-order valence-corrected chi connectivity index (χ1v) is 7.91. The Hall–Kier alpha value is -2.61. The number of ether oxygens (including phenoxy) is 1. The van der Waals surface area contributed by atoms with Gasteiger partial charge in [0.05, 0.1) is 5.69 Å². The number of nitrogens with one attached hydrogen (secondary N) is 1. The van der Waals surface area contributed by atoms with E-state index in [1.165, 1.54) is 17.8 Å². The van der Waals surface area contributed by atoms with Crippen molar-refractivity contribution in [1.82, 2.24) is 4.98 Å². The Balaban J connectivity index is 2.04. The molecule has 8 heteroatoms. The van der Waals surface area contributed by atoms with Gasteiger partial charge in [-0.25, -0.2) is 0 Å². The van der Waals surface area contributed by atoms with Gasteiger partial charge in [0, 0.05) is 11.8 Å². The molecule has 1 amide bonds. The van der Waals surface area contributed by atoms with Crippen molar-refractivity contribution in [3.05, 3.63) is 52.2 Å². The van der Waals surface area contributed by atoms with Crippen LogP contribution in [0.25, 0.3) is 0 Å². The van der Waals surface area contributed by atoms with Gasteiger partial charge in [-0.2, -0.15) is 0 Å². The number of para-hydroxylation sites is 1. The SMILES string of the molecule is CSc1ccccc1NC(=O)COc1ccc(C)nc1[N+](=O)[O-]. The number of carbonyl (C=O) groups is 1. The van der Waals surface area contributed by atoms with Gasteiger partial charge in [0.15, 0.2) is 6.61 Å². The summed E-state index contributed by atoms with van der Waals surface area (Å²) >= 11 is 1.50. The first-order chi connectivity index (χ1) is 11.0. The van der Waals surface area contributed by atoms with E-state index in [2.05, 4.69) is 10.3 Å². The predicted octanol–water partition coefficient (Wildman–Crippen LogP) is 3.04. The molecule has 0 aliphatic heterocycles. The summed E-state index contributed by atoms with van der Waals surface area (Å²) in [6.45, 7) is 1.30. The number of aryl methyl sites for hydroxylation is 1. The maximum atomic E-state index is 12.0. The summed E-state index contributed by atoms with van der Waals surface area (Å²) in [7, 11) is 0. The molecule has 2 rings (SSSR count). The Morgan fingerprint density at radius 1 is 1.35 bits per heavy atom. The largest absolute Gasteiger partial charge is 0.476 e. The second-order valence-electron chi connectivity index (χ2n) is 4.57. The maximum Gasteiger partial charge on any atom is 0.406 e. The zero-order chi connectivity index (χ0) is 16.8. The Kier molecular flexibility index (Phi) is 5.53. The number of nitrogens with zero attached hydrogens (tertiary/aromatic N) is 2. The lowest BCUT2D eigenvalue weighted by Gasteiger charge is -2.10. The quantitative estimate of drug-likeness (QED) is 0.496. The molecule has 0 radical (unpaired) electrons. The lowest BCUT2D eigenvalue weighted by Crippen LogP contribution is -2.21. The van der Waals surface area contributed by atoms with E-state index in [1.807, 2.05) is 24.5 Å². The Bertz CT molecular complexity index is 736.